The number of aliphatic hydroxyl groups is 6. The maximum atomic E-state index is 10.3. The molecule has 1 aliphatic carbocycles. The van der Waals surface area contributed by atoms with Crippen LogP contribution >= 0.6 is 0 Å². The fourth-order valence-electron chi connectivity index (χ4n) is 4.17. The van der Waals surface area contributed by atoms with Crippen LogP contribution in [0, 0.1) is 11.8 Å². The standard InChI is InChI=1S/C15H22O10/c16-3-6-9(19)10(20)11(21)14(23-6)24-13-7-5(1-2-22-13)8(18)12-15(7,4-17)25-12/h1-2,5-14,16-21H,3-4H2/t5-,6-,7-,8+,9-,10+,11-,12+,13+,14-,15-/m1/s1. The third kappa shape index (κ3) is 2.45. The maximum absolute atomic E-state index is 10.3. The van der Waals surface area contributed by atoms with Crippen LogP contribution in [-0.4, -0.2) is 98.7 Å². The molecule has 10 nitrogen and oxygen atoms in total. The number of ether oxygens (including phenoxy) is 4. The van der Waals surface area contributed by atoms with Crippen LogP contribution in [0.25, 0.3) is 0 Å². The number of aliphatic hydroxyl groups excluding tert-OH is 6. The van der Waals surface area contributed by atoms with Gasteiger partial charge in [0.25, 0.3) is 0 Å². The zero-order chi connectivity index (χ0) is 17.9. The Bertz CT molecular complexity index is 540. The maximum Gasteiger partial charge on any atom is 0.208 e. The first-order chi connectivity index (χ1) is 11.9. The van der Waals surface area contributed by atoms with E-state index in [1.165, 1.54) is 6.26 Å². The van der Waals surface area contributed by atoms with E-state index >= 15 is 0 Å². The van der Waals surface area contributed by atoms with Crippen molar-refractivity contribution < 1.29 is 49.6 Å². The molecular weight excluding hydrogens is 340 g/mol. The Morgan fingerprint density at radius 3 is 2.40 bits per heavy atom. The molecule has 0 bridgehead atoms. The molecule has 3 fully saturated rings. The zero-order valence-electron chi connectivity index (χ0n) is 13.2. The van der Waals surface area contributed by atoms with E-state index in [2.05, 4.69) is 0 Å². The van der Waals surface area contributed by atoms with E-state index in [-0.39, 0.29) is 12.5 Å². The lowest BCUT2D eigenvalue weighted by Crippen LogP contribution is -2.60. The molecule has 1 saturated carbocycles. The van der Waals surface area contributed by atoms with Gasteiger partial charge in [0.05, 0.1) is 31.5 Å². The molecule has 2 saturated heterocycles. The van der Waals surface area contributed by atoms with E-state index in [9.17, 15) is 30.6 Å². The second-order valence-electron chi connectivity index (χ2n) is 6.91. The van der Waals surface area contributed by atoms with Gasteiger partial charge in [0.2, 0.25) is 6.29 Å². The van der Waals surface area contributed by atoms with Gasteiger partial charge in [-0.25, -0.2) is 0 Å². The highest BCUT2D eigenvalue weighted by atomic mass is 16.8. The molecule has 10 heteroatoms. The first kappa shape index (κ1) is 17.6. The molecule has 0 amide bonds. The van der Waals surface area contributed by atoms with Gasteiger partial charge in [-0.3, -0.25) is 0 Å². The molecule has 142 valence electrons. The minimum absolute atomic E-state index is 0.332. The minimum atomic E-state index is -1.57. The van der Waals surface area contributed by atoms with Crippen molar-refractivity contribution in [3.8, 4) is 0 Å². The fraction of sp³-hybridized carbons (Fsp3) is 0.867. The van der Waals surface area contributed by atoms with Crippen LogP contribution in [0.15, 0.2) is 12.3 Å². The Morgan fingerprint density at radius 1 is 0.960 bits per heavy atom. The van der Waals surface area contributed by atoms with E-state index in [0.29, 0.717) is 0 Å². The molecule has 6 N–H and O–H groups in total. The van der Waals surface area contributed by atoms with Crippen molar-refractivity contribution in [2.75, 3.05) is 13.2 Å². The molecule has 3 aliphatic heterocycles. The quantitative estimate of drug-likeness (QED) is 0.276. The first-order valence-electron chi connectivity index (χ1n) is 8.19. The molecule has 4 aliphatic rings. The summed E-state index contributed by atoms with van der Waals surface area (Å²) in [7, 11) is 0. The summed E-state index contributed by atoms with van der Waals surface area (Å²) >= 11 is 0. The zero-order valence-corrected chi connectivity index (χ0v) is 13.2. The molecular formula is C15H22O10. The van der Waals surface area contributed by atoms with E-state index in [4.69, 9.17) is 18.9 Å². The number of fused-ring (bicyclic) bond motifs is 3. The summed E-state index contributed by atoms with van der Waals surface area (Å²) in [6, 6.07) is 0. The number of hydrogen-bond acceptors (Lipinski definition) is 10. The van der Waals surface area contributed by atoms with Crippen molar-refractivity contribution in [3.63, 3.8) is 0 Å². The molecule has 0 spiro atoms. The van der Waals surface area contributed by atoms with E-state index < -0.39 is 67.3 Å². The van der Waals surface area contributed by atoms with Gasteiger partial charge in [0.15, 0.2) is 6.29 Å². The van der Waals surface area contributed by atoms with Gasteiger partial charge in [0, 0.05) is 5.92 Å². The van der Waals surface area contributed by atoms with Gasteiger partial charge in [-0.1, -0.05) is 0 Å². The van der Waals surface area contributed by atoms with Gasteiger partial charge < -0.3 is 49.6 Å². The average Bonchev–Trinajstić information content (AvgIpc) is 3.31. The second-order valence-corrected chi connectivity index (χ2v) is 6.91. The summed E-state index contributed by atoms with van der Waals surface area (Å²) in [4.78, 5) is 0. The van der Waals surface area contributed by atoms with Crippen LogP contribution in [0.3, 0.4) is 0 Å². The SMILES string of the molecule is OC[C@H]1O[C@H](O[C@@H]2OC=C[C@H]3[C@H](O)[C@@H]4O[C@]4(CO)[C@@H]23)[C@H](O)[C@@H](O)[C@@H]1O. The number of hydrogen-bond donors (Lipinski definition) is 6. The number of epoxide rings is 1. The van der Waals surface area contributed by atoms with Crippen molar-refractivity contribution in [1.82, 2.24) is 0 Å². The molecule has 11 atom stereocenters. The van der Waals surface area contributed by atoms with Crippen LogP contribution < -0.4 is 0 Å². The highest BCUT2D eigenvalue weighted by molar-refractivity contribution is 5.24. The third-order valence-electron chi connectivity index (χ3n) is 5.62. The van der Waals surface area contributed by atoms with Crippen LogP contribution in [0.1, 0.15) is 0 Å². The lowest BCUT2D eigenvalue weighted by molar-refractivity contribution is -0.344. The van der Waals surface area contributed by atoms with Crippen molar-refractivity contribution in [2.24, 2.45) is 11.8 Å². The van der Waals surface area contributed by atoms with Gasteiger partial charge in [-0.2, -0.15) is 0 Å². The summed E-state index contributed by atoms with van der Waals surface area (Å²) in [5.41, 5.74) is -0.992. The highest BCUT2D eigenvalue weighted by Gasteiger charge is 2.75. The monoisotopic (exact) mass is 362 g/mol. The average molecular weight is 362 g/mol. The Balaban J connectivity index is 1.53. The topological polar surface area (TPSA) is 162 Å². The smallest absolute Gasteiger partial charge is 0.208 e. The summed E-state index contributed by atoms with van der Waals surface area (Å²) in [5.74, 6) is -0.913. The van der Waals surface area contributed by atoms with Gasteiger partial charge in [0.1, 0.15) is 36.1 Å². The molecule has 0 aromatic rings. The van der Waals surface area contributed by atoms with Crippen LogP contribution in [0.5, 0.6) is 0 Å². The first-order valence-corrected chi connectivity index (χ1v) is 8.19. The normalized spacial score (nSPS) is 56.9. The molecule has 0 radical (unpaired) electrons. The lowest BCUT2D eigenvalue weighted by atomic mass is 9.85. The largest absolute Gasteiger partial charge is 0.472 e. The molecule has 4 rings (SSSR count). The Labute approximate surface area is 142 Å². The Hall–Kier alpha value is -0.820. The van der Waals surface area contributed by atoms with Crippen molar-refractivity contribution in [2.45, 2.75) is 54.8 Å². The van der Waals surface area contributed by atoms with Gasteiger partial charge >= 0.3 is 0 Å². The van der Waals surface area contributed by atoms with Crippen LogP contribution in [0.4, 0.5) is 0 Å². The Morgan fingerprint density at radius 2 is 1.72 bits per heavy atom. The van der Waals surface area contributed by atoms with Gasteiger partial charge in [-0.15, -0.1) is 0 Å². The molecule has 0 aromatic carbocycles. The molecule has 25 heavy (non-hydrogen) atoms. The second kappa shape index (κ2) is 6.12. The van der Waals surface area contributed by atoms with E-state index in [1.54, 1.807) is 6.08 Å². The predicted molar refractivity (Wildman–Crippen MR) is 76.5 cm³/mol. The number of rotatable bonds is 4. The fourth-order valence-corrected chi connectivity index (χ4v) is 4.17. The lowest BCUT2D eigenvalue weighted by Gasteiger charge is -2.43. The highest BCUT2D eigenvalue weighted by Crippen LogP contribution is 2.59. The summed E-state index contributed by atoms with van der Waals surface area (Å²) in [6.07, 6.45) is -6.47. The Kier molecular flexibility index (Phi) is 4.30. The summed E-state index contributed by atoms with van der Waals surface area (Å²) in [6.45, 7) is -0.908. The van der Waals surface area contributed by atoms with Crippen LogP contribution in [-0.2, 0) is 18.9 Å². The summed E-state index contributed by atoms with van der Waals surface area (Å²) < 4.78 is 21.9. The third-order valence-corrected chi connectivity index (χ3v) is 5.62. The minimum Gasteiger partial charge on any atom is -0.472 e. The molecule has 3 heterocycles. The van der Waals surface area contributed by atoms with E-state index in [1.807, 2.05) is 0 Å². The van der Waals surface area contributed by atoms with Crippen molar-refractivity contribution >= 4 is 0 Å². The summed E-state index contributed by atoms with van der Waals surface area (Å²) in [5, 5.41) is 59.0. The van der Waals surface area contributed by atoms with Crippen molar-refractivity contribution in [1.29, 1.82) is 0 Å². The molecule has 0 unspecified atom stereocenters. The van der Waals surface area contributed by atoms with E-state index in [0.717, 1.165) is 0 Å². The van der Waals surface area contributed by atoms with Crippen molar-refractivity contribution in [3.05, 3.63) is 12.3 Å². The molecule has 0 aromatic heterocycles. The predicted octanol–water partition coefficient (Wildman–Crippen LogP) is -3.59. The van der Waals surface area contributed by atoms with Crippen LogP contribution in [0.2, 0.25) is 0 Å². The van der Waals surface area contributed by atoms with Gasteiger partial charge in [-0.05, 0) is 6.08 Å².